The molecule has 11 heteroatoms. The smallest absolute Gasteiger partial charge is 0.293 e. The predicted molar refractivity (Wildman–Crippen MR) is 172 cm³/mol. The second-order valence-corrected chi connectivity index (χ2v) is 12.7. The number of hydrogen-bond donors (Lipinski definition) is 2. The molecule has 5 rings (SSSR count). The Morgan fingerprint density at radius 3 is 2.20 bits per heavy atom. The molecule has 0 aromatic heterocycles. The molecule has 2 N–H and O–H groups in total. The maximum Gasteiger partial charge on any atom is 0.293 e. The molecule has 1 heterocycles. The Morgan fingerprint density at radius 2 is 1.55 bits per heavy atom. The quantitative estimate of drug-likeness (QED) is 0.177. The molecule has 228 valence electrons. The van der Waals surface area contributed by atoms with E-state index in [0.29, 0.717) is 0 Å². The van der Waals surface area contributed by atoms with Crippen molar-refractivity contribution in [3.8, 4) is 11.1 Å². The number of carbonyl (C=O) groups excluding carboxylic acids is 1. The number of nitro groups is 1. The standard InChI is InChI=1S/C33H35N5O5S/c1-24(2)34-31-17-16-29(22-32(31)38(40)41)44(42,43)35-33(39)26-12-14-28(15-13-26)37-20-18-36(19-21-37)23-27-10-6-7-11-30(27)25-8-4-3-5-9-25/h3-17,22,24,34H,18-21,23H2,1-2H3,(H,35,39). The molecule has 0 atom stereocenters. The second-order valence-electron chi connectivity index (χ2n) is 11.0. The highest BCUT2D eigenvalue weighted by atomic mass is 32.2. The van der Waals surface area contributed by atoms with E-state index in [2.05, 4.69) is 63.6 Å². The monoisotopic (exact) mass is 613 g/mol. The summed E-state index contributed by atoms with van der Waals surface area (Å²) in [5.41, 5.74) is 4.65. The molecule has 1 amide bonds. The SMILES string of the molecule is CC(C)Nc1ccc(S(=O)(=O)NC(=O)c2ccc(N3CCN(Cc4ccccc4-c4ccccc4)CC3)cc2)cc1[N+](=O)[O-]. The average molecular weight is 614 g/mol. The van der Waals surface area contributed by atoms with Gasteiger partial charge in [0.1, 0.15) is 5.69 Å². The molecule has 0 spiro atoms. The summed E-state index contributed by atoms with van der Waals surface area (Å²) in [5, 5.41) is 14.5. The van der Waals surface area contributed by atoms with E-state index in [1.807, 2.05) is 24.6 Å². The molecule has 0 radical (unpaired) electrons. The Hall–Kier alpha value is -4.74. The fraction of sp³-hybridized carbons (Fsp3) is 0.242. The first-order valence-corrected chi connectivity index (χ1v) is 15.9. The van der Waals surface area contributed by atoms with Gasteiger partial charge in [-0.2, -0.15) is 0 Å². The van der Waals surface area contributed by atoms with Crippen LogP contribution in [0.2, 0.25) is 0 Å². The Morgan fingerprint density at radius 1 is 0.886 bits per heavy atom. The Bertz CT molecular complexity index is 1740. The first-order valence-electron chi connectivity index (χ1n) is 14.4. The predicted octanol–water partition coefficient (Wildman–Crippen LogP) is 5.52. The Labute approximate surface area is 257 Å². The average Bonchev–Trinajstić information content (AvgIpc) is 3.02. The fourth-order valence-electron chi connectivity index (χ4n) is 5.29. The number of sulfonamides is 1. The lowest BCUT2D eigenvalue weighted by Gasteiger charge is -2.36. The van der Waals surface area contributed by atoms with E-state index in [9.17, 15) is 23.3 Å². The third kappa shape index (κ3) is 7.24. The summed E-state index contributed by atoms with van der Waals surface area (Å²) in [4.78, 5) is 28.0. The fourth-order valence-corrected chi connectivity index (χ4v) is 6.28. The molecule has 0 saturated carbocycles. The van der Waals surface area contributed by atoms with Crippen LogP contribution in [0, 0.1) is 10.1 Å². The van der Waals surface area contributed by atoms with Gasteiger partial charge in [-0.3, -0.25) is 19.8 Å². The molecule has 0 unspecified atom stereocenters. The molecular weight excluding hydrogens is 578 g/mol. The zero-order valence-electron chi connectivity index (χ0n) is 24.6. The van der Waals surface area contributed by atoms with Crippen molar-refractivity contribution in [2.24, 2.45) is 0 Å². The topological polar surface area (TPSA) is 125 Å². The van der Waals surface area contributed by atoms with Crippen molar-refractivity contribution in [2.45, 2.75) is 31.3 Å². The Kier molecular flexibility index (Phi) is 9.26. The van der Waals surface area contributed by atoms with Gasteiger partial charge in [-0.05, 0) is 66.9 Å². The van der Waals surface area contributed by atoms with Crippen LogP contribution in [-0.4, -0.2) is 56.4 Å². The molecule has 10 nitrogen and oxygen atoms in total. The van der Waals surface area contributed by atoms with Gasteiger partial charge in [-0.15, -0.1) is 0 Å². The number of nitrogens with zero attached hydrogens (tertiary/aromatic N) is 3. The highest BCUT2D eigenvalue weighted by Gasteiger charge is 2.25. The van der Waals surface area contributed by atoms with E-state index in [1.165, 1.54) is 28.8 Å². The third-order valence-electron chi connectivity index (χ3n) is 7.51. The number of benzene rings is 4. The summed E-state index contributed by atoms with van der Waals surface area (Å²) in [6.07, 6.45) is 0. The van der Waals surface area contributed by atoms with E-state index in [0.717, 1.165) is 44.5 Å². The summed E-state index contributed by atoms with van der Waals surface area (Å²) in [6.45, 7) is 7.86. The minimum Gasteiger partial charge on any atom is -0.377 e. The number of carbonyl (C=O) groups is 1. The van der Waals surface area contributed by atoms with Gasteiger partial charge >= 0.3 is 0 Å². The summed E-state index contributed by atoms with van der Waals surface area (Å²) in [5.74, 6) is -0.814. The number of nitro benzene ring substituents is 1. The molecule has 4 aromatic carbocycles. The van der Waals surface area contributed by atoms with Gasteiger partial charge in [-0.1, -0.05) is 54.6 Å². The van der Waals surface area contributed by atoms with Crippen LogP contribution in [0.4, 0.5) is 17.1 Å². The molecule has 1 saturated heterocycles. The van der Waals surface area contributed by atoms with Crippen molar-refractivity contribution >= 4 is 33.0 Å². The van der Waals surface area contributed by atoms with Crippen LogP contribution >= 0.6 is 0 Å². The van der Waals surface area contributed by atoms with Crippen molar-refractivity contribution in [1.82, 2.24) is 9.62 Å². The zero-order chi connectivity index (χ0) is 31.3. The lowest BCUT2D eigenvalue weighted by atomic mass is 9.99. The maximum atomic E-state index is 12.9. The van der Waals surface area contributed by atoms with Gasteiger partial charge < -0.3 is 10.2 Å². The van der Waals surface area contributed by atoms with Crippen LogP contribution < -0.4 is 14.9 Å². The molecule has 1 fully saturated rings. The minimum atomic E-state index is -4.34. The summed E-state index contributed by atoms with van der Waals surface area (Å²) >= 11 is 0. The molecule has 1 aliphatic heterocycles. The third-order valence-corrected chi connectivity index (χ3v) is 8.84. The normalized spacial score (nSPS) is 13.9. The number of piperazine rings is 1. The highest BCUT2D eigenvalue weighted by Crippen LogP contribution is 2.29. The summed E-state index contributed by atoms with van der Waals surface area (Å²) in [7, 11) is -4.34. The van der Waals surface area contributed by atoms with Gasteiger partial charge in [0.05, 0.1) is 9.82 Å². The molecule has 1 aliphatic rings. The van der Waals surface area contributed by atoms with Crippen LogP contribution in [0.25, 0.3) is 11.1 Å². The van der Waals surface area contributed by atoms with Crippen molar-refractivity contribution in [2.75, 3.05) is 36.4 Å². The van der Waals surface area contributed by atoms with Crippen molar-refractivity contribution < 1.29 is 18.1 Å². The van der Waals surface area contributed by atoms with E-state index in [-0.39, 0.29) is 27.9 Å². The van der Waals surface area contributed by atoms with Crippen molar-refractivity contribution in [3.05, 3.63) is 118 Å². The van der Waals surface area contributed by atoms with Crippen LogP contribution in [0.15, 0.2) is 102 Å². The zero-order valence-corrected chi connectivity index (χ0v) is 25.5. The molecule has 4 aromatic rings. The lowest BCUT2D eigenvalue weighted by molar-refractivity contribution is -0.384. The van der Waals surface area contributed by atoms with Gasteiger partial charge in [0, 0.05) is 56.1 Å². The minimum absolute atomic E-state index is 0.0925. The summed E-state index contributed by atoms with van der Waals surface area (Å²) in [6, 6.07) is 29.1. The number of rotatable bonds is 10. The first kappa shape index (κ1) is 30.7. The number of hydrogen-bond acceptors (Lipinski definition) is 8. The van der Waals surface area contributed by atoms with Gasteiger partial charge in [0.25, 0.3) is 21.6 Å². The maximum absolute atomic E-state index is 12.9. The van der Waals surface area contributed by atoms with Crippen LogP contribution in [0.3, 0.4) is 0 Å². The van der Waals surface area contributed by atoms with E-state index in [4.69, 9.17) is 0 Å². The van der Waals surface area contributed by atoms with Crippen LogP contribution in [0.5, 0.6) is 0 Å². The second kappa shape index (κ2) is 13.3. The van der Waals surface area contributed by atoms with Crippen molar-refractivity contribution in [1.29, 1.82) is 0 Å². The van der Waals surface area contributed by atoms with Gasteiger partial charge in [-0.25, -0.2) is 13.1 Å². The molecule has 44 heavy (non-hydrogen) atoms. The van der Waals surface area contributed by atoms with Gasteiger partial charge in [0.2, 0.25) is 0 Å². The van der Waals surface area contributed by atoms with Gasteiger partial charge in [0.15, 0.2) is 0 Å². The Balaban J connectivity index is 1.19. The summed E-state index contributed by atoms with van der Waals surface area (Å²) < 4.78 is 27.9. The first-order chi connectivity index (χ1) is 21.1. The van der Waals surface area contributed by atoms with Crippen molar-refractivity contribution in [3.63, 3.8) is 0 Å². The van der Waals surface area contributed by atoms with Crippen LogP contribution in [0.1, 0.15) is 29.8 Å². The van der Waals surface area contributed by atoms with E-state index in [1.54, 1.807) is 24.3 Å². The molecule has 0 aliphatic carbocycles. The van der Waals surface area contributed by atoms with Crippen LogP contribution in [-0.2, 0) is 16.6 Å². The number of nitrogens with one attached hydrogen (secondary N) is 2. The number of anilines is 2. The molecular formula is C33H35N5O5S. The van der Waals surface area contributed by atoms with E-state index < -0.39 is 20.9 Å². The highest BCUT2D eigenvalue weighted by molar-refractivity contribution is 7.90. The largest absolute Gasteiger partial charge is 0.377 e. The lowest BCUT2D eigenvalue weighted by Crippen LogP contribution is -2.46. The molecule has 0 bridgehead atoms. The number of amides is 1. The van der Waals surface area contributed by atoms with E-state index >= 15 is 0 Å².